The van der Waals surface area contributed by atoms with Crippen LogP contribution in [0.5, 0.6) is 0 Å². The number of benzene rings is 1. The molecule has 2 aromatic rings. The first-order chi connectivity index (χ1) is 12.8. The van der Waals surface area contributed by atoms with Crippen molar-refractivity contribution in [2.24, 2.45) is 11.3 Å². The lowest BCUT2D eigenvalue weighted by Crippen LogP contribution is -2.46. The van der Waals surface area contributed by atoms with Crippen LogP contribution in [0.15, 0.2) is 24.5 Å². The van der Waals surface area contributed by atoms with Crippen molar-refractivity contribution < 1.29 is 0 Å². The third-order valence-electron chi connectivity index (χ3n) is 6.46. The number of rotatable bonds is 3. The number of hydrogen-bond acceptors (Lipinski definition) is 6. The van der Waals surface area contributed by atoms with Gasteiger partial charge in [0.05, 0.1) is 11.3 Å². The fourth-order valence-electron chi connectivity index (χ4n) is 4.79. The molecule has 2 saturated heterocycles. The summed E-state index contributed by atoms with van der Waals surface area (Å²) in [6, 6.07) is 6.21. The molecule has 134 valence electrons. The number of anilines is 1. The zero-order chi connectivity index (χ0) is 17.6. The highest BCUT2D eigenvalue weighted by Gasteiger charge is 2.55. The normalized spacial score (nSPS) is 24.9. The minimum absolute atomic E-state index is 0.493. The Morgan fingerprint density at radius 2 is 1.92 bits per heavy atom. The van der Waals surface area contributed by atoms with Crippen LogP contribution in [0.25, 0.3) is 11.0 Å². The standard InChI is InChI=1S/C20H24N6/c21-11-15-1-2-17(19-18(15)23-5-6-24-19)26-13-16(20(14-26)3-4-20)12-25-9-7-22-8-10-25/h1-2,5-6,16,22H,3-4,7-10,12-14H2. The van der Waals surface area contributed by atoms with E-state index < -0.39 is 0 Å². The molecule has 1 aromatic carbocycles. The van der Waals surface area contributed by atoms with E-state index in [2.05, 4.69) is 37.2 Å². The molecule has 1 aromatic heterocycles. The van der Waals surface area contributed by atoms with Gasteiger partial charge in [0.2, 0.25) is 0 Å². The van der Waals surface area contributed by atoms with Gasteiger partial charge in [0.15, 0.2) is 0 Å². The zero-order valence-corrected chi connectivity index (χ0v) is 15.0. The van der Waals surface area contributed by atoms with E-state index >= 15 is 0 Å². The minimum Gasteiger partial charge on any atom is -0.369 e. The van der Waals surface area contributed by atoms with Crippen molar-refractivity contribution >= 4 is 16.7 Å². The van der Waals surface area contributed by atoms with Crippen LogP contribution in [0.3, 0.4) is 0 Å². The molecule has 0 radical (unpaired) electrons. The van der Waals surface area contributed by atoms with Crippen LogP contribution in [0.4, 0.5) is 5.69 Å². The molecule has 1 unspecified atom stereocenters. The van der Waals surface area contributed by atoms with Crippen LogP contribution in [0.2, 0.25) is 0 Å². The Labute approximate surface area is 153 Å². The van der Waals surface area contributed by atoms with E-state index in [1.807, 2.05) is 6.07 Å². The Morgan fingerprint density at radius 1 is 1.15 bits per heavy atom. The van der Waals surface area contributed by atoms with Gasteiger partial charge in [-0.1, -0.05) is 0 Å². The van der Waals surface area contributed by atoms with Crippen molar-refractivity contribution in [2.45, 2.75) is 12.8 Å². The summed E-state index contributed by atoms with van der Waals surface area (Å²) in [5.74, 6) is 0.725. The molecule has 1 aliphatic carbocycles. The fourth-order valence-corrected chi connectivity index (χ4v) is 4.79. The summed E-state index contributed by atoms with van der Waals surface area (Å²) < 4.78 is 0. The molecule has 1 saturated carbocycles. The van der Waals surface area contributed by atoms with Crippen molar-refractivity contribution in [3.8, 4) is 6.07 Å². The van der Waals surface area contributed by atoms with Gasteiger partial charge in [0.25, 0.3) is 0 Å². The summed E-state index contributed by atoms with van der Waals surface area (Å²) >= 11 is 0. The van der Waals surface area contributed by atoms with Gasteiger partial charge in [-0.25, -0.2) is 0 Å². The van der Waals surface area contributed by atoms with E-state index in [-0.39, 0.29) is 0 Å². The maximum absolute atomic E-state index is 9.37. The van der Waals surface area contributed by atoms with E-state index in [0.29, 0.717) is 11.0 Å². The Kier molecular flexibility index (Phi) is 3.80. The highest BCUT2D eigenvalue weighted by atomic mass is 15.2. The first-order valence-electron chi connectivity index (χ1n) is 9.61. The molecule has 1 spiro atoms. The number of hydrogen-bond donors (Lipinski definition) is 1. The summed E-state index contributed by atoms with van der Waals surface area (Å²) in [6.07, 6.45) is 6.10. The van der Waals surface area contributed by atoms with Crippen molar-refractivity contribution in [1.82, 2.24) is 20.2 Å². The monoisotopic (exact) mass is 348 g/mol. The van der Waals surface area contributed by atoms with Gasteiger partial charge >= 0.3 is 0 Å². The van der Waals surface area contributed by atoms with Crippen molar-refractivity contribution in [3.63, 3.8) is 0 Å². The van der Waals surface area contributed by atoms with Gasteiger partial charge in [-0.15, -0.1) is 0 Å². The molecule has 0 bridgehead atoms. The zero-order valence-electron chi connectivity index (χ0n) is 15.0. The molecule has 6 nitrogen and oxygen atoms in total. The van der Waals surface area contributed by atoms with Crippen LogP contribution >= 0.6 is 0 Å². The third kappa shape index (κ3) is 2.63. The maximum Gasteiger partial charge on any atom is 0.113 e. The molecule has 5 rings (SSSR count). The summed E-state index contributed by atoms with van der Waals surface area (Å²) in [4.78, 5) is 14.1. The number of nitrogens with one attached hydrogen (secondary N) is 1. The smallest absolute Gasteiger partial charge is 0.113 e. The molecule has 0 amide bonds. The topological polar surface area (TPSA) is 68.1 Å². The second-order valence-electron chi connectivity index (χ2n) is 7.99. The lowest BCUT2D eigenvalue weighted by atomic mass is 9.92. The molecule has 6 heteroatoms. The number of nitrogens with zero attached hydrogens (tertiary/aromatic N) is 5. The predicted octanol–water partition coefficient (Wildman–Crippen LogP) is 1.62. The number of nitriles is 1. The van der Waals surface area contributed by atoms with E-state index in [4.69, 9.17) is 0 Å². The quantitative estimate of drug-likeness (QED) is 0.909. The molecule has 26 heavy (non-hydrogen) atoms. The van der Waals surface area contributed by atoms with Gasteiger partial charge < -0.3 is 15.1 Å². The Morgan fingerprint density at radius 3 is 2.65 bits per heavy atom. The van der Waals surface area contributed by atoms with Crippen molar-refractivity contribution in [2.75, 3.05) is 50.7 Å². The maximum atomic E-state index is 9.37. The van der Waals surface area contributed by atoms with Gasteiger partial charge in [-0.05, 0) is 36.3 Å². The molecule has 2 aliphatic heterocycles. The van der Waals surface area contributed by atoms with Crippen molar-refractivity contribution in [3.05, 3.63) is 30.1 Å². The van der Waals surface area contributed by atoms with Crippen LogP contribution in [0.1, 0.15) is 18.4 Å². The first-order valence-corrected chi connectivity index (χ1v) is 9.61. The number of aromatic nitrogens is 2. The average molecular weight is 348 g/mol. The van der Waals surface area contributed by atoms with Gasteiger partial charge in [0.1, 0.15) is 17.1 Å². The first kappa shape index (κ1) is 16.0. The molecule has 1 N–H and O–H groups in total. The fraction of sp³-hybridized carbons (Fsp3) is 0.550. The van der Waals surface area contributed by atoms with Crippen LogP contribution in [-0.2, 0) is 0 Å². The molecule has 1 atom stereocenters. The third-order valence-corrected chi connectivity index (χ3v) is 6.46. The summed E-state index contributed by atoms with van der Waals surface area (Å²) in [5, 5.41) is 12.8. The lowest BCUT2D eigenvalue weighted by molar-refractivity contribution is 0.186. The molecular weight excluding hydrogens is 324 g/mol. The van der Waals surface area contributed by atoms with Gasteiger partial charge in [-0.3, -0.25) is 9.97 Å². The minimum atomic E-state index is 0.493. The van der Waals surface area contributed by atoms with Crippen LogP contribution < -0.4 is 10.2 Å². The SMILES string of the molecule is N#Cc1ccc(N2CC(CN3CCNCC3)C3(CC3)C2)c2nccnc12. The summed E-state index contributed by atoms with van der Waals surface area (Å²) in [7, 11) is 0. The Bertz CT molecular complexity index is 862. The Hall–Kier alpha value is -2.23. The highest BCUT2D eigenvalue weighted by molar-refractivity contribution is 5.92. The molecule has 3 fully saturated rings. The molecular formula is C20H24N6. The van der Waals surface area contributed by atoms with Crippen LogP contribution in [0, 0.1) is 22.7 Å². The van der Waals surface area contributed by atoms with Crippen LogP contribution in [-0.4, -0.2) is 60.7 Å². The summed E-state index contributed by atoms with van der Waals surface area (Å²) in [6.45, 7) is 7.95. The Balaban J connectivity index is 1.43. The van der Waals surface area contributed by atoms with E-state index in [0.717, 1.165) is 61.9 Å². The molecule has 3 heterocycles. The largest absolute Gasteiger partial charge is 0.369 e. The van der Waals surface area contributed by atoms with E-state index in [1.54, 1.807) is 12.4 Å². The predicted molar refractivity (Wildman–Crippen MR) is 101 cm³/mol. The van der Waals surface area contributed by atoms with E-state index in [9.17, 15) is 5.26 Å². The number of fused-ring (bicyclic) bond motifs is 1. The van der Waals surface area contributed by atoms with Crippen molar-refractivity contribution in [1.29, 1.82) is 5.26 Å². The molecule has 3 aliphatic rings. The second-order valence-corrected chi connectivity index (χ2v) is 7.99. The average Bonchev–Trinajstić information content (AvgIpc) is 3.39. The van der Waals surface area contributed by atoms with Gasteiger partial charge in [-0.2, -0.15) is 5.26 Å². The highest BCUT2D eigenvalue weighted by Crippen LogP contribution is 2.57. The van der Waals surface area contributed by atoms with Gasteiger partial charge in [0, 0.05) is 58.2 Å². The van der Waals surface area contributed by atoms with E-state index in [1.165, 1.54) is 19.4 Å². The summed E-state index contributed by atoms with van der Waals surface area (Å²) in [5.41, 5.74) is 3.83. The number of piperazine rings is 1. The second kappa shape index (κ2) is 6.19. The lowest BCUT2D eigenvalue weighted by Gasteiger charge is -2.31.